The van der Waals surface area contributed by atoms with E-state index in [1.807, 2.05) is 18.2 Å². The number of sulfone groups is 1. The van der Waals surface area contributed by atoms with Gasteiger partial charge in [-0.3, -0.25) is 4.79 Å². The van der Waals surface area contributed by atoms with Gasteiger partial charge in [0.05, 0.1) is 36.5 Å². The monoisotopic (exact) mass is 528 g/mol. The van der Waals surface area contributed by atoms with Crippen LogP contribution in [0.3, 0.4) is 0 Å². The Hall–Kier alpha value is -3.18. The van der Waals surface area contributed by atoms with E-state index in [4.69, 9.17) is 22.1 Å². The number of para-hydroxylation sites is 1. The van der Waals surface area contributed by atoms with Crippen molar-refractivity contribution >= 4 is 38.2 Å². The summed E-state index contributed by atoms with van der Waals surface area (Å²) in [6.45, 7) is 4.55. The van der Waals surface area contributed by atoms with Crippen LogP contribution in [0.5, 0.6) is 0 Å². The molecule has 0 amide bonds. The van der Waals surface area contributed by atoms with Gasteiger partial charge in [-0.1, -0.05) is 29.8 Å². The van der Waals surface area contributed by atoms with E-state index in [9.17, 15) is 13.2 Å². The van der Waals surface area contributed by atoms with Crippen LogP contribution in [0.1, 0.15) is 6.42 Å². The molecule has 2 aromatic heterocycles. The summed E-state index contributed by atoms with van der Waals surface area (Å²) in [5.74, 6) is 0.0293. The van der Waals surface area contributed by atoms with Gasteiger partial charge in [0, 0.05) is 23.4 Å². The van der Waals surface area contributed by atoms with Gasteiger partial charge in [-0.05, 0) is 36.4 Å². The van der Waals surface area contributed by atoms with Crippen molar-refractivity contribution in [3.63, 3.8) is 0 Å². The Morgan fingerprint density at radius 2 is 1.75 bits per heavy atom. The fourth-order valence-electron chi connectivity index (χ4n) is 4.65. The molecule has 1 aliphatic heterocycles. The normalized spacial score (nSPS) is 14.9. The van der Waals surface area contributed by atoms with Crippen molar-refractivity contribution in [2.75, 3.05) is 38.6 Å². The third kappa shape index (κ3) is 4.53. The molecule has 9 nitrogen and oxygen atoms in total. The van der Waals surface area contributed by atoms with Crippen LogP contribution in [0.15, 0.2) is 75.4 Å². The second kappa shape index (κ2) is 10.1. The fourth-order valence-corrected chi connectivity index (χ4v) is 6.33. The molecule has 1 fully saturated rings. The number of nitrogens with two attached hydrogens (primary N) is 1. The number of ether oxygens (including phenoxy) is 1. The first-order valence-electron chi connectivity index (χ1n) is 11.8. The maximum Gasteiger partial charge on any atom is 0.296 e. The zero-order valence-electron chi connectivity index (χ0n) is 19.6. The van der Waals surface area contributed by atoms with E-state index in [-0.39, 0.29) is 26.5 Å². The number of nitrogens with one attached hydrogen (secondary N) is 1. The van der Waals surface area contributed by atoms with Crippen LogP contribution < -0.4 is 16.2 Å². The van der Waals surface area contributed by atoms with Crippen molar-refractivity contribution in [2.24, 2.45) is 0 Å². The van der Waals surface area contributed by atoms with E-state index in [2.05, 4.69) is 5.10 Å². The lowest BCUT2D eigenvalue weighted by Crippen LogP contribution is -3.14. The van der Waals surface area contributed by atoms with Gasteiger partial charge in [0.2, 0.25) is 9.84 Å². The highest BCUT2D eigenvalue weighted by molar-refractivity contribution is 7.92. The second-order valence-electron chi connectivity index (χ2n) is 8.75. The van der Waals surface area contributed by atoms with Crippen LogP contribution in [0, 0.1) is 0 Å². The SMILES string of the molecule is Nc1c(S(=O)(=O)c2ccc(Cl)cc2)c2cnn(-c3ccccc3)c(=O)c2n1CCC[NH+]1CCOCC1. The summed E-state index contributed by atoms with van der Waals surface area (Å²) < 4.78 is 35.7. The van der Waals surface area contributed by atoms with E-state index in [0.717, 1.165) is 39.3 Å². The molecule has 0 aliphatic carbocycles. The topological polar surface area (TPSA) is 114 Å². The number of quaternary nitrogens is 1. The van der Waals surface area contributed by atoms with Gasteiger partial charge < -0.3 is 19.9 Å². The molecule has 1 aliphatic rings. The lowest BCUT2D eigenvalue weighted by Gasteiger charge is -2.23. The quantitative estimate of drug-likeness (QED) is 0.376. The molecule has 3 N–H and O–H groups in total. The van der Waals surface area contributed by atoms with E-state index < -0.39 is 15.4 Å². The summed E-state index contributed by atoms with van der Waals surface area (Å²) in [6, 6.07) is 14.9. The van der Waals surface area contributed by atoms with Crippen LogP contribution >= 0.6 is 11.6 Å². The summed E-state index contributed by atoms with van der Waals surface area (Å²) in [4.78, 5) is 15.0. The minimum absolute atomic E-state index is 0.0293. The van der Waals surface area contributed by atoms with Gasteiger partial charge >= 0.3 is 0 Å². The predicted octanol–water partition coefficient (Wildman–Crippen LogP) is 1.56. The minimum Gasteiger partial charge on any atom is -0.384 e. The molecular formula is C25H27ClN5O4S+. The van der Waals surface area contributed by atoms with Gasteiger partial charge in [0.1, 0.15) is 29.3 Å². The molecule has 4 aromatic rings. The largest absolute Gasteiger partial charge is 0.384 e. The molecule has 36 heavy (non-hydrogen) atoms. The first-order chi connectivity index (χ1) is 17.4. The van der Waals surface area contributed by atoms with E-state index in [0.29, 0.717) is 17.3 Å². The Balaban J connectivity index is 1.64. The van der Waals surface area contributed by atoms with Crippen LogP contribution in [0.4, 0.5) is 5.82 Å². The van der Waals surface area contributed by atoms with Gasteiger partial charge in [0.15, 0.2) is 0 Å². The third-order valence-corrected chi connectivity index (χ3v) is 8.61. The summed E-state index contributed by atoms with van der Waals surface area (Å²) in [7, 11) is -4.05. The van der Waals surface area contributed by atoms with Gasteiger partial charge in [-0.15, -0.1) is 0 Å². The minimum atomic E-state index is -4.05. The highest BCUT2D eigenvalue weighted by atomic mass is 35.5. The Morgan fingerprint density at radius 3 is 2.44 bits per heavy atom. The van der Waals surface area contributed by atoms with Crippen molar-refractivity contribution in [1.29, 1.82) is 0 Å². The maximum atomic E-state index is 13.7. The van der Waals surface area contributed by atoms with Crippen LogP contribution in [0.25, 0.3) is 16.6 Å². The highest BCUT2D eigenvalue weighted by Gasteiger charge is 2.30. The lowest BCUT2D eigenvalue weighted by molar-refractivity contribution is -0.908. The summed E-state index contributed by atoms with van der Waals surface area (Å²) in [5, 5.41) is 4.92. The average molecular weight is 529 g/mol. The summed E-state index contributed by atoms with van der Waals surface area (Å²) >= 11 is 5.97. The highest BCUT2D eigenvalue weighted by Crippen LogP contribution is 2.35. The first kappa shape index (κ1) is 24.5. The Labute approximate surface area is 213 Å². The molecule has 0 saturated carbocycles. The molecular weight excluding hydrogens is 502 g/mol. The molecule has 3 heterocycles. The number of benzene rings is 2. The lowest BCUT2D eigenvalue weighted by atomic mass is 10.3. The van der Waals surface area contributed by atoms with Crippen molar-refractivity contribution < 1.29 is 18.1 Å². The number of aromatic nitrogens is 3. The van der Waals surface area contributed by atoms with Crippen molar-refractivity contribution in [2.45, 2.75) is 22.8 Å². The first-order valence-corrected chi connectivity index (χ1v) is 13.6. The molecule has 0 spiro atoms. The van der Waals surface area contributed by atoms with Crippen molar-refractivity contribution in [3.8, 4) is 5.69 Å². The number of hydrogen-bond acceptors (Lipinski definition) is 6. The smallest absolute Gasteiger partial charge is 0.296 e. The predicted molar refractivity (Wildman–Crippen MR) is 138 cm³/mol. The number of hydrogen-bond donors (Lipinski definition) is 2. The number of aryl methyl sites for hydroxylation is 1. The van der Waals surface area contributed by atoms with Gasteiger partial charge in [-0.2, -0.15) is 9.78 Å². The third-order valence-electron chi connectivity index (χ3n) is 6.50. The number of nitrogens with zero attached hydrogens (tertiary/aromatic N) is 3. The zero-order valence-corrected chi connectivity index (χ0v) is 21.1. The van der Waals surface area contributed by atoms with Crippen molar-refractivity contribution in [3.05, 3.63) is 76.2 Å². The fraction of sp³-hybridized carbons (Fsp3) is 0.280. The second-order valence-corrected chi connectivity index (χ2v) is 11.1. The molecule has 0 unspecified atom stereocenters. The van der Waals surface area contributed by atoms with Gasteiger partial charge in [-0.25, -0.2) is 8.42 Å². The van der Waals surface area contributed by atoms with E-state index in [1.165, 1.54) is 40.0 Å². The number of halogens is 1. The van der Waals surface area contributed by atoms with E-state index >= 15 is 0 Å². The molecule has 2 aromatic carbocycles. The number of morpholine rings is 1. The number of fused-ring (bicyclic) bond motifs is 1. The van der Waals surface area contributed by atoms with Gasteiger partial charge in [0.25, 0.3) is 5.56 Å². The maximum absolute atomic E-state index is 13.7. The molecule has 5 rings (SSSR count). The van der Waals surface area contributed by atoms with Crippen LogP contribution in [-0.4, -0.2) is 55.6 Å². The molecule has 0 bridgehead atoms. The summed E-state index contributed by atoms with van der Waals surface area (Å²) in [6.07, 6.45) is 2.13. The molecule has 0 radical (unpaired) electrons. The Morgan fingerprint density at radius 1 is 1.06 bits per heavy atom. The van der Waals surface area contributed by atoms with Crippen LogP contribution in [-0.2, 0) is 21.1 Å². The van der Waals surface area contributed by atoms with Crippen molar-refractivity contribution in [1.82, 2.24) is 14.3 Å². The average Bonchev–Trinajstić information content (AvgIpc) is 3.18. The number of anilines is 1. The molecule has 11 heteroatoms. The number of nitrogen functional groups attached to an aromatic ring is 1. The van der Waals surface area contributed by atoms with Crippen LogP contribution in [0.2, 0.25) is 5.02 Å². The standard InChI is InChI=1S/C25H26ClN5O4S/c26-18-7-9-20(10-8-18)36(33,34)23-21-17-28-31(19-5-2-1-3-6-19)25(32)22(21)30(24(23)27)12-4-11-29-13-15-35-16-14-29/h1-3,5-10,17H,4,11-16,27H2/p+1. The molecule has 188 valence electrons. The molecule has 0 atom stereocenters. The molecule has 1 saturated heterocycles. The summed E-state index contributed by atoms with van der Waals surface area (Å²) in [5.41, 5.74) is 6.87. The number of rotatable bonds is 7. The Bertz CT molecular complexity index is 1540. The Kier molecular flexibility index (Phi) is 6.85. The van der Waals surface area contributed by atoms with E-state index in [1.54, 1.807) is 16.7 Å². The zero-order chi connectivity index (χ0) is 25.3.